The van der Waals surface area contributed by atoms with Gasteiger partial charge in [-0.2, -0.15) is 0 Å². The fourth-order valence-corrected chi connectivity index (χ4v) is 1.87. The highest BCUT2D eigenvalue weighted by Gasteiger charge is 2.10. The summed E-state index contributed by atoms with van der Waals surface area (Å²) in [5, 5.41) is 15.2. The number of hydrogen-bond donors (Lipinski definition) is 3. The molecule has 4 nitrogen and oxygen atoms in total. The number of carbonyl (C=O) groups is 1. The Hall–Kier alpha value is -1.62. The summed E-state index contributed by atoms with van der Waals surface area (Å²) in [4.78, 5) is 11.6. The minimum atomic E-state index is -0.838. The first-order valence-electron chi connectivity index (χ1n) is 7.02. The molecule has 0 saturated heterocycles. The topological polar surface area (TPSA) is 61.4 Å². The van der Waals surface area contributed by atoms with E-state index in [2.05, 4.69) is 24.5 Å². The molecule has 5 heteroatoms. The van der Waals surface area contributed by atoms with E-state index in [1.54, 1.807) is 0 Å². The van der Waals surface area contributed by atoms with E-state index in [0.29, 0.717) is 18.0 Å². The monoisotopic (exact) mass is 282 g/mol. The lowest BCUT2D eigenvalue weighted by Gasteiger charge is -2.15. The predicted molar refractivity (Wildman–Crippen MR) is 76.8 cm³/mol. The van der Waals surface area contributed by atoms with Crippen LogP contribution in [0.25, 0.3) is 0 Å². The van der Waals surface area contributed by atoms with Gasteiger partial charge in [-0.15, -0.1) is 0 Å². The number of aliphatic hydroxyl groups excluding tert-OH is 1. The van der Waals surface area contributed by atoms with Crippen molar-refractivity contribution in [1.82, 2.24) is 10.6 Å². The minimum Gasteiger partial charge on any atom is -0.387 e. The molecule has 0 bridgehead atoms. The lowest BCUT2D eigenvalue weighted by Crippen LogP contribution is -2.39. The van der Waals surface area contributed by atoms with Gasteiger partial charge >= 0.3 is 6.03 Å². The Kier molecular flexibility index (Phi) is 7.01. The van der Waals surface area contributed by atoms with Crippen LogP contribution in [0.1, 0.15) is 38.4 Å². The van der Waals surface area contributed by atoms with Gasteiger partial charge in [-0.1, -0.05) is 38.8 Å². The van der Waals surface area contributed by atoms with Crippen molar-refractivity contribution in [3.8, 4) is 0 Å². The van der Waals surface area contributed by atoms with Gasteiger partial charge in [0.05, 0.1) is 6.10 Å². The summed E-state index contributed by atoms with van der Waals surface area (Å²) in [6.45, 7) is 4.91. The molecule has 0 aromatic heterocycles. The van der Waals surface area contributed by atoms with Gasteiger partial charge in [-0.05, 0) is 23.6 Å². The summed E-state index contributed by atoms with van der Waals surface area (Å²) in [7, 11) is 0. The number of benzene rings is 1. The third-order valence-electron chi connectivity index (χ3n) is 3.42. The predicted octanol–water partition coefficient (Wildman–Crippen LogP) is 2.59. The van der Waals surface area contributed by atoms with Gasteiger partial charge in [-0.3, -0.25) is 0 Å². The van der Waals surface area contributed by atoms with Crippen molar-refractivity contribution in [2.75, 3.05) is 13.1 Å². The van der Waals surface area contributed by atoms with Crippen molar-refractivity contribution < 1.29 is 14.3 Å². The van der Waals surface area contributed by atoms with E-state index in [9.17, 15) is 14.3 Å². The fraction of sp³-hybridized carbons (Fsp3) is 0.533. The van der Waals surface area contributed by atoms with Crippen molar-refractivity contribution in [3.63, 3.8) is 0 Å². The molecule has 0 radical (unpaired) electrons. The molecule has 1 unspecified atom stereocenters. The molecule has 0 heterocycles. The summed E-state index contributed by atoms with van der Waals surface area (Å²) in [6.07, 6.45) is 1.21. The standard InChI is InChI=1S/C15H23FN2O2/c1-3-11(4-2)9-17-15(20)18-10-14(19)12-5-7-13(16)8-6-12/h5-8,11,14,19H,3-4,9-10H2,1-2H3,(H2,17,18,20). The quantitative estimate of drug-likeness (QED) is 0.720. The van der Waals surface area contributed by atoms with Crippen LogP contribution in [-0.4, -0.2) is 24.2 Å². The van der Waals surface area contributed by atoms with E-state index < -0.39 is 6.10 Å². The third-order valence-corrected chi connectivity index (χ3v) is 3.42. The maximum atomic E-state index is 12.7. The molecule has 1 atom stereocenters. The second-order valence-corrected chi connectivity index (χ2v) is 4.84. The molecule has 1 rings (SSSR count). The van der Waals surface area contributed by atoms with E-state index >= 15 is 0 Å². The number of halogens is 1. The van der Waals surface area contributed by atoms with E-state index in [1.807, 2.05) is 0 Å². The average Bonchev–Trinajstić information content (AvgIpc) is 2.46. The summed E-state index contributed by atoms with van der Waals surface area (Å²) in [6, 6.07) is 5.28. The zero-order chi connectivity index (χ0) is 15.0. The molecule has 3 N–H and O–H groups in total. The summed E-state index contributed by atoms with van der Waals surface area (Å²) in [5.74, 6) is 0.125. The Labute approximate surface area is 119 Å². The highest BCUT2D eigenvalue weighted by molar-refractivity contribution is 5.73. The highest BCUT2D eigenvalue weighted by Crippen LogP contribution is 2.12. The van der Waals surface area contributed by atoms with Gasteiger partial charge in [0.25, 0.3) is 0 Å². The SMILES string of the molecule is CCC(CC)CNC(=O)NCC(O)c1ccc(F)cc1. The number of aliphatic hydroxyl groups is 1. The van der Waals surface area contributed by atoms with Gasteiger partial charge in [-0.25, -0.2) is 9.18 Å². The normalized spacial score (nSPS) is 12.2. The first kappa shape index (κ1) is 16.4. The molecule has 0 aliphatic heterocycles. The number of nitrogens with one attached hydrogen (secondary N) is 2. The van der Waals surface area contributed by atoms with Crippen LogP contribution in [0, 0.1) is 11.7 Å². The van der Waals surface area contributed by atoms with Crippen LogP contribution in [0.4, 0.5) is 9.18 Å². The first-order valence-corrected chi connectivity index (χ1v) is 7.02. The second kappa shape index (κ2) is 8.53. The van der Waals surface area contributed by atoms with Crippen LogP contribution in [0.2, 0.25) is 0 Å². The Morgan fingerprint density at radius 1 is 1.15 bits per heavy atom. The summed E-state index contributed by atoms with van der Waals surface area (Å²) >= 11 is 0. The Balaban J connectivity index is 2.31. The molecular formula is C15H23FN2O2. The summed E-state index contributed by atoms with van der Waals surface area (Å²) in [5.41, 5.74) is 0.576. The first-order chi connectivity index (χ1) is 9.56. The largest absolute Gasteiger partial charge is 0.387 e. The van der Waals surface area contributed by atoms with E-state index in [0.717, 1.165) is 12.8 Å². The van der Waals surface area contributed by atoms with Crippen LogP contribution in [-0.2, 0) is 0 Å². The van der Waals surface area contributed by atoms with Crippen LogP contribution in [0.5, 0.6) is 0 Å². The molecule has 0 aliphatic rings. The van der Waals surface area contributed by atoms with Crippen LogP contribution in [0.3, 0.4) is 0 Å². The zero-order valence-electron chi connectivity index (χ0n) is 12.0. The fourth-order valence-electron chi connectivity index (χ4n) is 1.87. The molecule has 0 aliphatic carbocycles. The summed E-state index contributed by atoms with van der Waals surface area (Å²) < 4.78 is 12.7. The van der Waals surface area contributed by atoms with Crippen LogP contribution < -0.4 is 10.6 Å². The van der Waals surface area contributed by atoms with Gasteiger partial charge in [0.1, 0.15) is 5.82 Å². The maximum Gasteiger partial charge on any atom is 0.314 e. The molecule has 2 amide bonds. The minimum absolute atomic E-state index is 0.0976. The molecule has 0 fully saturated rings. The van der Waals surface area contributed by atoms with Gasteiger partial charge in [0.2, 0.25) is 0 Å². The van der Waals surface area contributed by atoms with Crippen LogP contribution >= 0.6 is 0 Å². The number of carbonyl (C=O) groups excluding carboxylic acids is 1. The Bertz CT molecular complexity index is 405. The lowest BCUT2D eigenvalue weighted by molar-refractivity contribution is 0.172. The molecule has 20 heavy (non-hydrogen) atoms. The molecule has 1 aromatic carbocycles. The second-order valence-electron chi connectivity index (χ2n) is 4.84. The van der Waals surface area contributed by atoms with E-state index in [-0.39, 0.29) is 18.4 Å². The van der Waals surface area contributed by atoms with Gasteiger partial charge in [0, 0.05) is 13.1 Å². The Morgan fingerprint density at radius 3 is 2.25 bits per heavy atom. The highest BCUT2D eigenvalue weighted by atomic mass is 19.1. The average molecular weight is 282 g/mol. The van der Waals surface area contributed by atoms with Gasteiger partial charge < -0.3 is 15.7 Å². The molecule has 1 aromatic rings. The molecular weight excluding hydrogens is 259 g/mol. The van der Waals surface area contributed by atoms with Crippen molar-refractivity contribution in [2.24, 2.45) is 5.92 Å². The van der Waals surface area contributed by atoms with Crippen molar-refractivity contribution in [3.05, 3.63) is 35.6 Å². The number of urea groups is 1. The molecule has 0 spiro atoms. The third kappa shape index (κ3) is 5.57. The maximum absolute atomic E-state index is 12.7. The van der Waals surface area contributed by atoms with Crippen molar-refractivity contribution in [1.29, 1.82) is 0 Å². The Morgan fingerprint density at radius 2 is 1.70 bits per heavy atom. The van der Waals surface area contributed by atoms with E-state index in [1.165, 1.54) is 24.3 Å². The zero-order valence-corrected chi connectivity index (χ0v) is 12.0. The number of hydrogen-bond acceptors (Lipinski definition) is 2. The van der Waals surface area contributed by atoms with E-state index in [4.69, 9.17) is 0 Å². The van der Waals surface area contributed by atoms with Crippen molar-refractivity contribution in [2.45, 2.75) is 32.8 Å². The van der Waals surface area contributed by atoms with Gasteiger partial charge in [0.15, 0.2) is 0 Å². The lowest BCUT2D eigenvalue weighted by atomic mass is 10.0. The molecule has 112 valence electrons. The van der Waals surface area contributed by atoms with Crippen LogP contribution in [0.15, 0.2) is 24.3 Å². The number of amides is 2. The number of rotatable bonds is 7. The smallest absolute Gasteiger partial charge is 0.314 e. The molecule has 0 saturated carbocycles. The van der Waals surface area contributed by atoms with Crippen molar-refractivity contribution >= 4 is 6.03 Å².